The van der Waals surface area contributed by atoms with Crippen molar-refractivity contribution < 1.29 is 32.0 Å². The molecule has 0 N–H and O–H groups in total. The van der Waals surface area contributed by atoms with Gasteiger partial charge in [-0.3, -0.25) is 10.1 Å². The summed E-state index contributed by atoms with van der Waals surface area (Å²) in [5.41, 5.74) is -0.630. The molecule has 1 atom stereocenters. The van der Waals surface area contributed by atoms with Crippen molar-refractivity contribution in [3.05, 3.63) is 75.7 Å². The maximum absolute atomic E-state index is 12.6. The Balaban J connectivity index is 1.69. The molecule has 2 aromatic carbocycles. The number of carbonyl (C=O) groups excluding carboxylic acids is 1. The Hall–Kier alpha value is -3.76. The van der Waals surface area contributed by atoms with Gasteiger partial charge in [-0.1, -0.05) is 0 Å². The summed E-state index contributed by atoms with van der Waals surface area (Å²) in [6, 6.07) is 8.96. The van der Waals surface area contributed by atoms with E-state index in [1.54, 1.807) is 0 Å². The summed E-state index contributed by atoms with van der Waals surface area (Å²) < 4.78 is 48.3. The minimum Gasteiger partial charge on any atom is -0.449 e. The van der Waals surface area contributed by atoms with Crippen LogP contribution in [0.4, 0.5) is 18.9 Å². The summed E-state index contributed by atoms with van der Waals surface area (Å²) in [6.45, 7) is 1.45. The quantitative estimate of drug-likeness (QED) is 0.346. The SMILES string of the molecule is C[C@H](OC(=O)c1ccc(C(F)(F)F)cc1)c1nnc(-c2ccc([N+](=O)[O-])cc2)o1. The number of esters is 1. The number of halogens is 3. The van der Waals surface area contributed by atoms with Crippen molar-refractivity contribution in [1.82, 2.24) is 10.2 Å². The molecule has 29 heavy (non-hydrogen) atoms. The van der Waals surface area contributed by atoms with E-state index in [-0.39, 0.29) is 23.0 Å². The minimum atomic E-state index is -4.51. The monoisotopic (exact) mass is 407 g/mol. The van der Waals surface area contributed by atoms with Crippen LogP contribution in [0.3, 0.4) is 0 Å². The topological polar surface area (TPSA) is 108 Å². The predicted molar refractivity (Wildman–Crippen MR) is 91.7 cm³/mol. The lowest BCUT2D eigenvalue weighted by Gasteiger charge is -2.10. The number of alkyl halides is 3. The first-order valence-corrected chi connectivity index (χ1v) is 8.11. The second-order valence-electron chi connectivity index (χ2n) is 5.87. The molecule has 3 rings (SSSR count). The normalized spacial score (nSPS) is 12.4. The molecule has 0 bridgehead atoms. The summed E-state index contributed by atoms with van der Waals surface area (Å²) in [4.78, 5) is 22.2. The minimum absolute atomic E-state index is 0.0429. The van der Waals surface area contributed by atoms with Crippen molar-refractivity contribution in [3.63, 3.8) is 0 Å². The van der Waals surface area contributed by atoms with Crippen molar-refractivity contribution in [2.24, 2.45) is 0 Å². The van der Waals surface area contributed by atoms with Gasteiger partial charge in [0.05, 0.1) is 16.1 Å². The third-order valence-corrected chi connectivity index (χ3v) is 3.85. The first-order valence-electron chi connectivity index (χ1n) is 8.11. The summed E-state index contributed by atoms with van der Waals surface area (Å²) >= 11 is 0. The van der Waals surface area contributed by atoms with Gasteiger partial charge in [0.25, 0.3) is 11.6 Å². The summed E-state index contributed by atoms with van der Waals surface area (Å²) in [7, 11) is 0. The Morgan fingerprint density at radius 2 is 1.72 bits per heavy atom. The van der Waals surface area contributed by atoms with Crippen LogP contribution in [0.25, 0.3) is 11.5 Å². The number of carbonyl (C=O) groups is 1. The van der Waals surface area contributed by atoms with Gasteiger partial charge in [-0.05, 0) is 43.3 Å². The molecule has 0 spiro atoms. The van der Waals surface area contributed by atoms with Crippen LogP contribution < -0.4 is 0 Å². The van der Waals surface area contributed by atoms with E-state index in [0.717, 1.165) is 24.3 Å². The van der Waals surface area contributed by atoms with E-state index >= 15 is 0 Å². The first kappa shape index (κ1) is 20.0. The van der Waals surface area contributed by atoms with Crippen LogP contribution in [0, 0.1) is 10.1 Å². The van der Waals surface area contributed by atoms with E-state index in [1.807, 2.05) is 0 Å². The zero-order valence-corrected chi connectivity index (χ0v) is 14.7. The van der Waals surface area contributed by atoms with Crippen molar-refractivity contribution in [1.29, 1.82) is 0 Å². The van der Waals surface area contributed by atoms with Crippen LogP contribution in [0.15, 0.2) is 52.9 Å². The van der Waals surface area contributed by atoms with Gasteiger partial charge >= 0.3 is 12.1 Å². The van der Waals surface area contributed by atoms with Crippen molar-refractivity contribution in [2.45, 2.75) is 19.2 Å². The van der Waals surface area contributed by atoms with Crippen LogP contribution in [0.5, 0.6) is 0 Å². The molecule has 8 nitrogen and oxygen atoms in total. The highest BCUT2D eigenvalue weighted by molar-refractivity contribution is 5.89. The number of aromatic nitrogens is 2. The smallest absolute Gasteiger partial charge is 0.416 e. The summed E-state index contributed by atoms with van der Waals surface area (Å²) in [6.07, 6.45) is -5.47. The largest absolute Gasteiger partial charge is 0.449 e. The highest BCUT2D eigenvalue weighted by Crippen LogP contribution is 2.29. The molecule has 1 aromatic heterocycles. The van der Waals surface area contributed by atoms with Crippen molar-refractivity contribution in [2.75, 3.05) is 0 Å². The van der Waals surface area contributed by atoms with E-state index < -0.39 is 28.7 Å². The number of rotatable bonds is 5. The molecule has 0 fully saturated rings. The lowest BCUT2D eigenvalue weighted by molar-refractivity contribution is -0.384. The maximum Gasteiger partial charge on any atom is 0.416 e. The number of nitro benzene ring substituents is 1. The molecular weight excluding hydrogens is 395 g/mol. The predicted octanol–water partition coefficient (Wildman–Crippen LogP) is 4.58. The van der Waals surface area contributed by atoms with E-state index in [0.29, 0.717) is 5.56 Å². The summed E-state index contributed by atoms with van der Waals surface area (Å²) in [5.74, 6) is -0.841. The Morgan fingerprint density at radius 1 is 1.10 bits per heavy atom. The van der Waals surface area contributed by atoms with E-state index in [4.69, 9.17) is 9.15 Å². The van der Waals surface area contributed by atoms with Crippen LogP contribution >= 0.6 is 0 Å². The molecule has 0 aliphatic rings. The van der Waals surface area contributed by atoms with Crippen LogP contribution in [-0.4, -0.2) is 21.1 Å². The van der Waals surface area contributed by atoms with Crippen LogP contribution in [-0.2, 0) is 10.9 Å². The van der Waals surface area contributed by atoms with Gasteiger partial charge in [-0.15, -0.1) is 10.2 Å². The zero-order valence-electron chi connectivity index (χ0n) is 14.7. The number of ether oxygens (including phenoxy) is 1. The molecule has 0 amide bonds. The fourth-order valence-corrected chi connectivity index (χ4v) is 2.32. The van der Waals surface area contributed by atoms with Gasteiger partial charge in [0.15, 0.2) is 6.10 Å². The molecule has 11 heteroatoms. The Bertz CT molecular complexity index is 1030. The number of hydrogen-bond acceptors (Lipinski definition) is 7. The molecule has 150 valence electrons. The lowest BCUT2D eigenvalue weighted by Crippen LogP contribution is -2.11. The Morgan fingerprint density at radius 3 is 2.28 bits per heavy atom. The molecular formula is C18H12F3N3O5. The fourth-order valence-electron chi connectivity index (χ4n) is 2.32. The molecule has 0 saturated carbocycles. The standard InChI is InChI=1S/C18H12F3N3O5/c1-10(28-17(25)12-2-6-13(7-3-12)18(19,20)21)15-22-23-16(29-15)11-4-8-14(9-5-11)24(26)27/h2-10H,1H3/t10-/m0/s1. The molecule has 0 aliphatic carbocycles. The zero-order chi connectivity index (χ0) is 21.2. The highest BCUT2D eigenvalue weighted by Gasteiger charge is 2.30. The molecule has 0 aliphatic heterocycles. The maximum atomic E-state index is 12.6. The van der Waals surface area contributed by atoms with E-state index in [2.05, 4.69) is 10.2 Å². The lowest BCUT2D eigenvalue weighted by atomic mass is 10.1. The molecule has 0 unspecified atom stereocenters. The van der Waals surface area contributed by atoms with Gasteiger partial charge in [0, 0.05) is 17.7 Å². The highest BCUT2D eigenvalue weighted by atomic mass is 19.4. The molecule has 0 saturated heterocycles. The third-order valence-electron chi connectivity index (χ3n) is 3.85. The summed E-state index contributed by atoms with van der Waals surface area (Å²) in [5, 5.41) is 18.2. The van der Waals surface area contributed by atoms with Crippen LogP contribution in [0.2, 0.25) is 0 Å². The van der Waals surface area contributed by atoms with Gasteiger partial charge in [0.1, 0.15) is 0 Å². The first-order chi connectivity index (χ1) is 13.6. The average molecular weight is 407 g/mol. The number of benzene rings is 2. The second kappa shape index (κ2) is 7.70. The third kappa shape index (κ3) is 4.57. The number of nitro groups is 1. The van der Waals surface area contributed by atoms with Gasteiger partial charge in [-0.25, -0.2) is 4.79 Å². The van der Waals surface area contributed by atoms with Gasteiger partial charge < -0.3 is 9.15 Å². The average Bonchev–Trinajstić information content (AvgIpc) is 3.18. The molecule has 1 heterocycles. The van der Waals surface area contributed by atoms with E-state index in [1.165, 1.54) is 31.2 Å². The number of non-ortho nitro benzene ring substituents is 1. The molecule has 0 radical (unpaired) electrons. The second-order valence-corrected chi connectivity index (χ2v) is 5.87. The van der Waals surface area contributed by atoms with E-state index in [9.17, 15) is 28.1 Å². The van der Waals surface area contributed by atoms with Crippen LogP contribution in [0.1, 0.15) is 34.8 Å². The van der Waals surface area contributed by atoms with Gasteiger partial charge in [-0.2, -0.15) is 13.2 Å². The van der Waals surface area contributed by atoms with Crippen molar-refractivity contribution in [3.8, 4) is 11.5 Å². The molecule has 3 aromatic rings. The fraction of sp³-hybridized carbons (Fsp3) is 0.167. The number of hydrogen-bond donors (Lipinski definition) is 0. The Labute approximate surface area is 161 Å². The van der Waals surface area contributed by atoms with Gasteiger partial charge in [0.2, 0.25) is 5.89 Å². The Kier molecular flexibility index (Phi) is 5.31. The van der Waals surface area contributed by atoms with Crippen molar-refractivity contribution >= 4 is 11.7 Å². The number of nitrogens with zero attached hydrogens (tertiary/aromatic N) is 3.